The fourth-order valence-corrected chi connectivity index (χ4v) is 1.27. The summed E-state index contributed by atoms with van der Waals surface area (Å²) in [5.74, 6) is 0. The number of aromatic nitrogens is 3. The van der Waals surface area contributed by atoms with E-state index in [4.69, 9.17) is 10.0 Å². The molecule has 0 saturated heterocycles. The van der Waals surface area contributed by atoms with Crippen molar-refractivity contribution in [3.63, 3.8) is 0 Å². The Labute approximate surface area is 87.2 Å². The van der Waals surface area contributed by atoms with Crippen molar-refractivity contribution in [1.82, 2.24) is 14.8 Å². The predicted molar refractivity (Wildman–Crippen MR) is 55.4 cm³/mol. The molecule has 76 valence electrons. The SMILES string of the molecule is OB(O)c1ncn(Cc2ccccc2)n1. The van der Waals surface area contributed by atoms with Crippen LogP contribution in [0.4, 0.5) is 0 Å². The minimum absolute atomic E-state index is 0.0194. The van der Waals surface area contributed by atoms with Crippen LogP contribution in [0.15, 0.2) is 36.7 Å². The number of rotatable bonds is 3. The Bertz CT molecular complexity index is 430. The minimum Gasteiger partial charge on any atom is -0.421 e. The number of benzene rings is 1. The molecule has 0 fully saturated rings. The molecule has 0 aliphatic heterocycles. The maximum Gasteiger partial charge on any atom is 0.530 e. The summed E-state index contributed by atoms with van der Waals surface area (Å²) in [5.41, 5.74) is 1.10. The summed E-state index contributed by atoms with van der Waals surface area (Å²) < 4.78 is 1.56. The van der Waals surface area contributed by atoms with Crippen molar-refractivity contribution < 1.29 is 10.0 Å². The van der Waals surface area contributed by atoms with Crippen LogP contribution < -0.4 is 5.72 Å². The molecule has 0 aliphatic carbocycles. The first-order valence-corrected chi connectivity index (χ1v) is 4.55. The van der Waals surface area contributed by atoms with Gasteiger partial charge in [-0.25, -0.2) is 9.67 Å². The van der Waals surface area contributed by atoms with Crippen molar-refractivity contribution in [2.75, 3.05) is 0 Å². The number of nitrogens with zero attached hydrogens (tertiary/aromatic N) is 3. The lowest BCUT2D eigenvalue weighted by Gasteiger charge is -1.99. The first-order chi connectivity index (χ1) is 7.25. The third-order valence-electron chi connectivity index (χ3n) is 1.97. The van der Waals surface area contributed by atoms with E-state index in [9.17, 15) is 0 Å². The third kappa shape index (κ3) is 2.42. The van der Waals surface area contributed by atoms with Gasteiger partial charge in [-0.2, -0.15) is 5.10 Å². The van der Waals surface area contributed by atoms with Crippen molar-refractivity contribution in [1.29, 1.82) is 0 Å². The van der Waals surface area contributed by atoms with E-state index in [-0.39, 0.29) is 5.72 Å². The van der Waals surface area contributed by atoms with E-state index in [0.717, 1.165) is 5.56 Å². The molecule has 1 heterocycles. The van der Waals surface area contributed by atoms with Crippen LogP contribution in [0.5, 0.6) is 0 Å². The Balaban J connectivity index is 2.12. The van der Waals surface area contributed by atoms with Crippen LogP contribution in [-0.4, -0.2) is 31.9 Å². The van der Waals surface area contributed by atoms with E-state index in [1.165, 1.54) is 6.33 Å². The van der Waals surface area contributed by atoms with Crippen molar-refractivity contribution in [2.24, 2.45) is 0 Å². The Kier molecular flexibility index (Phi) is 2.80. The van der Waals surface area contributed by atoms with Gasteiger partial charge in [0.1, 0.15) is 6.33 Å². The second kappa shape index (κ2) is 4.25. The van der Waals surface area contributed by atoms with E-state index in [1.807, 2.05) is 30.3 Å². The van der Waals surface area contributed by atoms with E-state index in [0.29, 0.717) is 6.54 Å². The maximum absolute atomic E-state index is 8.82. The van der Waals surface area contributed by atoms with Crippen LogP contribution >= 0.6 is 0 Å². The smallest absolute Gasteiger partial charge is 0.421 e. The zero-order valence-corrected chi connectivity index (χ0v) is 7.98. The fraction of sp³-hybridized carbons (Fsp3) is 0.111. The minimum atomic E-state index is -1.61. The quantitative estimate of drug-likeness (QED) is 0.628. The van der Waals surface area contributed by atoms with E-state index in [2.05, 4.69) is 10.1 Å². The van der Waals surface area contributed by atoms with E-state index in [1.54, 1.807) is 4.68 Å². The van der Waals surface area contributed by atoms with Gasteiger partial charge in [-0.3, -0.25) is 0 Å². The van der Waals surface area contributed by atoms with Crippen LogP contribution in [0.2, 0.25) is 0 Å². The summed E-state index contributed by atoms with van der Waals surface area (Å²) in [5, 5.41) is 21.6. The molecule has 15 heavy (non-hydrogen) atoms. The number of hydrogen-bond donors (Lipinski definition) is 2. The van der Waals surface area contributed by atoms with Crippen molar-refractivity contribution in [3.8, 4) is 0 Å². The predicted octanol–water partition coefficient (Wildman–Crippen LogP) is -0.994. The second-order valence-electron chi connectivity index (χ2n) is 3.16. The lowest BCUT2D eigenvalue weighted by molar-refractivity contribution is 0.422. The molecule has 0 unspecified atom stereocenters. The summed E-state index contributed by atoms with van der Waals surface area (Å²) in [6.07, 6.45) is 1.47. The lowest BCUT2D eigenvalue weighted by atomic mass is 9.91. The summed E-state index contributed by atoms with van der Waals surface area (Å²) in [6.45, 7) is 0.570. The highest BCUT2D eigenvalue weighted by Gasteiger charge is 2.16. The Morgan fingerprint density at radius 3 is 2.53 bits per heavy atom. The van der Waals surface area contributed by atoms with Crippen molar-refractivity contribution >= 4 is 12.8 Å². The Hall–Kier alpha value is -1.66. The van der Waals surface area contributed by atoms with Gasteiger partial charge in [0.25, 0.3) is 0 Å². The molecule has 1 aromatic heterocycles. The average Bonchev–Trinajstić information content (AvgIpc) is 2.68. The first kappa shape index (κ1) is 9.88. The van der Waals surface area contributed by atoms with Gasteiger partial charge in [0.15, 0.2) is 5.72 Å². The van der Waals surface area contributed by atoms with Crippen LogP contribution in [0.1, 0.15) is 5.56 Å². The standard InChI is InChI=1S/C9H10BN3O2/c14-10(15)9-11-7-13(12-9)6-8-4-2-1-3-5-8/h1-5,7,14-15H,6H2. The summed E-state index contributed by atoms with van der Waals surface area (Å²) in [6, 6.07) is 9.75. The highest BCUT2D eigenvalue weighted by atomic mass is 16.4. The maximum atomic E-state index is 8.82. The molecule has 2 rings (SSSR count). The molecule has 0 atom stereocenters. The molecule has 2 aromatic rings. The number of hydrogen-bond acceptors (Lipinski definition) is 4. The van der Waals surface area contributed by atoms with Gasteiger partial charge in [-0.1, -0.05) is 30.3 Å². The lowest BCUT2D eigenvalue weighted by Crippen LogP contribution is -2.33. The molecule has 0 amide bonds. The molecule has 0 bridgehead atoms. The molecule has 0 spiro atoms. The van der Waals surface area contributed by atoms with Gasteiger partial charge in [0.2, 0.25) is 0 Å². The first-order valence-electron chi connectivity index (χ1n) is 4.55. The third-order valence-corrected chi connectivity index (χ3v) is 1.97. The second-order valence-corrected chi connectivity index (χ2v) is 3.16. The van der Waals surface area contributed by atoms with E-state index >= 15 is 0 Å². The van der Waals surface area contributed by atoms with Gasteiger partial charge < -0.3 is 10.0 Å². The van der Waals surface area contributed by atoms with Crippen LogP contribution in [-0.2, 0) is 6.54 Å². The molecule has 0 radical (unpaired) electrons. The molecule has 1 aromatic carbocycles. The molecular weight excluding hydrogens is 193 g/mol. The molecule has 0 aliphatic rings. The normalized spacial score (nSPS) is 10.3. The van der Waals surface area contributed by atoms with Crippen LogP contribution in [0.25, 0.3) is 0 Å². The highest BCUT2D eigenvalue weighted by Crippen LogP contribution is 1.99. The van der Waals surface area contributed by atoms with E-state index < -0.39 is 7.12 Å². The van der Waals surface area contributed by atoms with Crippen molar-refractivity contribution in [2.45, 2.75) is 6.54 Å². The van der Waals surface area contributed by atoms with Crippen LogP contribution in [0, 0.1) is 0 Å². The van der Waals surface area contributed by atoms with Crippen molar-refractivity contribution in [3.05, 3.63) is 42.2 Å². The van der Waals surface area contributed by atoms with Gasteiger partial charge in [0, 0.05) is 0 Å². The topological polar surface area (TPSA) is 71.2 Å². The monoisotopic (exact) mass is 203 g/mol. The van der Waals surface area contributed by atoms with Crippen LogP contribution in [0.3, 0.4) is 0 Å². The Morgan fingerprint density at radius 2 is 1.93 bits per heavy atom. The highest BCUT2D eigenvalue weighted by molar-refractivity contribution is 6.56. The summed E-state index contributed by atoms with van der Waals surface area (Å²) in [7, 11) is -1.61. The molecule has 0 saturated carbocycles. The largest absolute Gasteiger partial charge is 0.530 e. The molecule has 6 heteroatoms. The zero-order chi connectivity index (χ0) is 10.7. The van der Waals surface area contributed by atoms with Gasteiger partial charge >= 0.3 is 7.12 Å². The van der Waals surface area contributed by atoms with Gasteiger partial charge in [0.05, 0.1) is 6.54 Å². The summed E-state index contributed by atoms with van der Waals surface area (Å²) >= 11 is 0. The summed E-state index contributed by atoms with van der Waals surface area (Å²) in [4.78, 5) is 3.76. The Morgan fingerprint density at radius 1 is 1.20 bits per heavy atom. The molecule has 5 nitrogen and oxygen atoms in total. The van der Waals surface area contributed by atoms with Gasteiger partial charge in [-0.15, -0.1) is 0 Å². The average molecular weight is 203 g/mol. The molecule has 2 N–H and O–H groups in total. The fourth-order valence-electron chi connectivity index (χ4n) is 1.27. The van der Waals surface area contributed by atoms with Gasteiger partial charge in [-0.05, 0) is 5.56 Å². The molecular formula is C9H10BN3O2. The zero-order valence-electron chi connectivity index (χ0n) is 7.98.